The predicted octanol–water partition coefficient (Wildman–Crippen LogP) is 4.06. The fourth-order valence-corrected chi connectivity index (χ4v) is 2.29. The summed E-state index contributed by atoms with van der Waals surface area (Å²) >= 11 is 0. The van der Waals surface area contributed by atoms with Gasteiger partial charge in [0.2, 0.25) is 0 Å². The Hall–Kier alpha value is -0.820. The van der Waals surface area contributed by atoms with Gasteiger partial charge in [0.25, 0.3) is 0 Å². The van der Waals surface area contributed by atoms with Crippen LogP contribution < -0.4 is 5.32 Å². The van der Waals surface area contributed by atoms with Crippen LogP contribution in [-0.2, 0) is 12.8 Å². The lowest BCUT2D eigenvalue weighted by molar-refractivity contribution is 0.473. The highest BCUT2D eigenvalue weighted by Gasteiger charge is 2.04. The standard InChI is InChI=1S/C17H29N/c1-5-7-16-8-6-9-17(11-16)10-15(4)13-18-12-14(2)3/h6,8-9,11,14-15,18H,5,7,10,12-13H2,1-4H3. The minimum absolute atomic E-state index is 0.709. The SMILES string of the molecule is CCCc1cccc(CC(C)CNCC(C)C)c1. The van der Waals surface area contributed by atoms with E-state index in [1.165, 1.54) is 30.4 Å². The van der Waals surface area contributed by atoms with Gasteiger partial charge in [0.05, 0.1) is 0 Å². The zero-order chi connectivity index (χ0) is 13.4. The Kier molecular flexibility index (Phi) is 7.04. The van der Waals surface area contributed by atoms with E-state index in [1.807, 2.05) is 0 Å². The van der Waals surface area contributed by atoms with E-state index in [1.54, 1.807) is 0 Å². The molecule has 1 rings (SSSR count). The summed E-state index contributed by atoms with van der Waals surface area (Å²) in [4.78, 5) is 0. The molecule has 0 aliphatic heterocycles. The van der Waals surface area contributed by atoms with Crippen molar-refractivity contribution in [1.82, 2.24) is 5.32 Å². The molecule has 0 fully saturated rings. The summed E-state index contributed by atoms with van der Waals surface area (Å²) in [6.45, 7) is 11.3. The number of nitrogens with one attached hydrogen (secondary N) is 1. The Balaban J connectivity index is 2.38. The molecule has 1 heteroatoms. The van der Waals surface area contributed by atoms with Gasteiger partial charge in [-0.1, -0.05) is 58.4 Å². The van der Waals surface area contributed by atoms with Crippen LogP contribution in [0.1, 0.15) is 45.2 Å². The Labute approximate surface area is 113 Å². The lowest BCUT2D eigenvalue weighted by Crippen LogP contribution is -2.26. The van der Waals surface area contributed by atoms with E-state index in [0.717, 1.165) is 19.0 Å². The highest BCUT2D eigenvalue weighted by Crippen LogP contribution is 2.12. The average molecular weight is 247 g/mol. The maximum atomic E-state index is 3.54. The summed E-state index contributed by atoms with van der Waals surface area (Å²) < 4.78 is 0. The zero-order valence-electron chi connectivity index (χ0n) is 12.5. The van der Waals surface area contributed by atoms with Gasteiger partial charge in [-0.05, 0) is 48.9 Å². The van der Waals surface area contributed by atoms with Crippen LogP contribution in [0.25, 0.3) is 0 Å². The number of hydrogen-bond acceptors (Lipinski definition) is 1. The van der Waals surface area contributed by atoms with Crippen molar-refractivity contribution in [3.8, 4) is 0 Å². The van der Waals surface area contributed by atoms with Crippen LogP contribution in [-0.4, -0.2) is 13.1 Å². The van der Waals surface area contributed by atoms with Crippen LogP contribution >= 0.6 is 0 Å². The van der Waals surface area contributed by atoms with Crippen molar-refractivity contribution in [1.29, 1.82) is 0 Å². The summed E-state index contributed by atoms with van der Waals surface area (Å²) in [5.41, 5.74) is 2.97. The van der Waals surface area contributed by atoms with Crippen molar-refractivity contribution in [2.75, 3.05) is 13.1 Å². The summed E-state index contributed by atoms with van der Waals surface area (Å²) in [5, 5.41) is 3.54. The maximum absolute atomic E-state index is 3.54. The third-order valence-electron chi connectivity index (χ3n) is 3.16. The largest absolute Gasteiger partial charge is 0.316 e. The molecule has 0 saturated carbocycles. The van der Waals surface area contributed by atoms with E-state index in [9.17, 15) is 0 Å². The van der Waals surface area contributed by atoms with Crippen LogP contribution in [0.2, 0.25) is 0 Å². The van der Waals surface area contributed by atoms with E-state index in [2.05, 4.69) is 57.3 Å². The second-order valence-corrected chi connectivity index (χ2v) is 5.93. The molecule has 1 nitrogen and oxygen atoms in total. The molecular formula is C17H29N. The van der Waals surface area contributed by atoms with Crippen LogP contribution in [0.15, 0.2) is 24.3 Å². The molecular weight excluding hydrogens is 218 g/mol. The molecule has 0 bridgehead atoms. The molecule has 1 atom stereocenters. The number of hydrogen-bond donors (Lipinski definition) is 1. The molecule has 1 N–H and O–H groups in total. The van der Waals surface area contributed by atoms with Gasteiger partial charge in [0.1, 0.15) is 0 Å². The highest BCUT2D eigenvalue weighted by molar-refractivity contribution is 5.24. The first-order valence-corrected chi connectivity index (χ1v) is 7.40. The van der Waals surface area contributed by atoms with Crippen molar-refractivity contribution in [3.05, 3.63) is 35.4 Å². The van der Waals surface area contributed by atoms with Gasteiger partial charge in [-0.2, -0.15) is 0 Å². The fraction of sp³-hybridized carbons (Fsp3) is 0.647. The summed E-state index contributed by atoms with van der Waals surface area (Å²) in [6.07, 6.45) is 3.62. The molecule has 0 radical (unpaired) electrons. The van der Waals surface area contributed by atoms with Crippen LogP contribution in [0.3, 0.4) is 0 Å². The van der Waals surface area contributed by atoms with Crippen molar-refractivity contribution in [3.63, 3.8) is 0 Å². The van der Waals surface area contributed by atoms with E-state index in [4.69, 9.17) is 0 Å². The van der Waals surface area contributed by atoms with Gasteiger partial charge < -0.3 is 5.32 Å². The van der Waals surface area contributed by atoms with E-state index in [-0.39, 0.29) is 0 Å². The average Bonchev–Trinajstić information content (AvgIpc) is 2.29. The van der Waals surface area contributed by atoms with Crippen LogP contribution in [0, 0.1) is 11.8 Å². The Bertz CT molecular complexity index is 330. The van der Waals surface area contributed by atoms with Gasteiger partial charge in [0.15, 0.2) is 0 Å². The van der Waals surface area contributed by atoms with Crippen molar-refractivity contribution >= 4 is 0 Å². The van der Waals surface area contributed by atoms with E-state index < -0.39 is 0 Å². The smallest absolute Gasteiger partial charge is 0.00199 e. The van der Waals surface area contributed by atoms with E-state index in [0.29, 0.717) is 5.92 Å². The van der Waals surface area contributed by atoms with Gasteiger partial charge in [0, 0.05) is 0 Å². The highest BCUT2D eigenvalue weighted by atomic mass is 14.9. The normalized spacial score (nSPS) is 12.9. The second kappa shape index (κ2) is 8.31. The summed E-state index contributed by atoms with van der Waals surface area (Å²) in [6, 6.07) is 9.09. The Morgan fingerprint density at radius 2 is 1.78 bits per heavy atom. The summed E-state index contributed by atoms with van der Waals surface area (Å²) in [7, 11) is 0. The lowest BCUT2D eigenvalue weighted by Gasteiger charge is -2.14. The number of rotatable bonds is 8. The van der Waals surface area contributed by atoms with Gasteiger partial charge in [-0.3, -0.25) is 0 Å². The Morgan fingerprint density at radius 3 is 2.44 bits per heavy atom. The van der Waals surface area contributed by atoms with Gasteiger partial charge in [-0.25, -0.2) is 0 Å². The van der Waals surface area contributed by atoms with Crippen molar-refractivity contribution < 1.29 is 0 Å². The minimum Gasteiger partial charge on any atom is -0.316 e. The van der Waals surface area contributed by atoms with Crippen molar-refractivity contribution in [2.45, 2.75) is 47.0 Å². The molecule has 1 unspecified atom stereocenters. The molecule has 0 aliphatic rings. The molecule has 0 heterocycles. The fourth-order valence-electron chi connectivity index (χ4n) is 2.29. The first kappa shape index (κ1) is 15.2. The topological polar surface area (TPSA) is 12.0 Å². The third-order valence-corrected chi connectivity index (χ3v) is 3.16. The Morgan fingerprint density at radius 1 is 1.06 bits per heavy atom. The number of benzene rings is 1. The first-order chi connectivity index (χ1) is 8.61. The molecule has 102 valence electrons. The summed E-state index contributed by atoms with van der Waals surface area (Å²) in [5.74, 6) is 1.45. The zero-order valence-corrected chi connectivity index (χ0v) is 12.5. The van der Waals surface area contributed by atoms with Crippen molar-refractivity contribution in [2.24, 2.45) is 11.8 Å². The molecule has 18 heavy (non-hydrogen) atoms. The monoisotopic (exact) mass is 247 g/mol. The third kappa shape index (κ3) is 6.20. The molecule has 0 amide bonds. The quantitative estimate of drug-likeness (QED) is 0.730. The molecule has 0 aliphatic carbocycles. The molecule has 1 aromatic carbocycles. The molecule has 1 aromatic rings. The van der Waals surface area contributed by atoms with Gasteiger partial charge in [-0.15, -0.1) is 0 Å². The molecule has 0 spiro atoms. The van der Waals surface area contributed by atoms with Crippen LogP contribution in [0.4, 0.5) is 0 Å². The lowest BCUT2D eigenvalue weighted by atomic mass is 9.98. The van der Waals surface area contributed by atoms with E-state index >= 15 is 0 Å². The molecule has 0 saturated heterocycles. The number of aryl methyl sites for hydroxylation is 1. The second-order valence-electron chi connectivity index (χ2n) is 5.93. The predicted molar refractivity (Wildman–Crippen MR) is 81.0 cm³/mol. The molecule has 0 aromatic heterocycles. The maximum Gasteiger partial charge on any atom is -0.00199 e. The minimum atomic E-state index is 0.709. The van der Waals surface area contributed by atoms with Gasteiger partial charge >= 0.3 is 0 Å². The first-order valence-electron chi connectivity index (χ1n) is 7.40. The van der Waals surface area contributed by atoms with Crippen LogP contribution in [0.5, 0.6) is 0 Å².